The molecule has 0 aliphatic carbocycles. The van der Waals surface area contributed by atoms with Crippen LogP contribution in [0.15, 0.2) is 4.60 Å². The summed E-state index contributed by atoms with van der Waals surface area (Å²) < 4.78 is 15.3. The van der Waals surface area contributed by atoms with Crippen molar-refractivity contribution in [3.8, 4) is 0 Å². The molecule has 0 aromatic carbocycles. The first-order chi connectivity index (χ1) is 11.2. The summed E-state index contributed by atoms with van der Waals surface area (Å²) in [6.45, 7) is 9.98. The number of thiazole rings is 1. The van der Waals surface area contributed by atoms with Crippen molar-refractivity contribution >= 4 is 50.6 Å². The van der Waals surface area contributed by atoms with Gasteiger partial charge in [0.1, 0.15) is 20.7 Å². The highest BCUT2D eigenvalue weighted by Gasteiger charge is 2.36. The molecule has 0 N–H and O–H groups in total. The average Bonchev–Trinajstić information content (AvgIpc) is 2.75. The van der Waals surface area contributed by atoms with Gasteiger partial charge in [-0.2, -0.15) is 4.90 Å². The Morgan fingerprint density at radius 1 is 1.00 bits per heavy atom. The number of hydrogen-bond acceptors (Lipinski definition) is 8. The summed E-state index contributed by atoms with van der Waals surface area (Å²) in [6.07, 6.45) is -1.92. The van der Waals surface area contributed by atoms with Gasteiger partial charge in [0.15, 0.2) is 0 Å². The summed E-state index contributed by atoms with van der Waals surface area (Å²) in [5.41, 5.74) is -1.67. The van der Waals surface area contributed by atoms with Gasteiger partial charge in [-0.3, -0.25) is 0 Å². The molecular weight excluding hydrogens is 416 g/mol. The van der Waals surface area contributed by atoms with E-state index >= 15 is 0 Å². The van der Waals surface area contributed by atoms with Gasteiger partial charge in [0.2, 0.25) is 5.13 Å². The third kappa shape index (κ3) is 6.28. The van der Waals surface area contributed by atoms with E-state index in [1.807, 2.05) is 0 Å². The molecule has 0 saturated heterocycles. The summed E-state index contributed by atoms with van der Waals surface area (Å²) in [7, 11) is 1.22. The first-order valence-electron chi connectivity index (χ1n) is 7.26. The fourth-order valence-electron chi connectivity index (χ4n) is 1.45. The van der Waals surface area contributed by atoms with Crippen LogP contribution in [0.3, 0.4) is 0 Å². The summed E-state index contributed by atoms with van der Waals surface area (Å²) >= 11 is 3.92. The maximum absolute atomic E-state index is 12.5. The second-order valence-corrected chi connectivity index (χ2v) is 8.63. The van der Waals surface area contributed by atoms with Crippen LogP contribution in [-0.2, 0) is 14.2 Å². The van der Waals surface area contributed by atoms with Gasteiger partial charge in [-0.1, -0.05) is 11.3 Å². The van der Waals surface area contributed by atoms with Gasteiger partial charge in [0.25, 0.3) is 0 Å². The molecule has 0 bridgehead atoms. The Morgan fingerprint density at radius 2 is 1.44 bits per heavy atom. The summed E-state index contributed by atoms with van der Waals surface area (Å²) in [4.78, 5) is 41.5. The molecule has 0 atom stereocenters. The van der Waals surface area contributed by atoms with E-state index in [0.29, 0.717) is 4.90 Å². The molecule has 0 spiro atoms. The third-order valence-electron chi connectivity index (χ3n) is 2.29. The molecule has 140 valence electrons. The van der Waals surface area contributed by atoms with Crippen LogP contribution in [0, 0.1) is 0 Å². The predicted octanol–water partition coefficient (Wildman–Crippen LogP) is 4.37. The normalized spacial score (nSPS) is 11.7. The molecule has 1 rings (SSSR count). The first kappa shape index (κ1) is 21.4. The third-order valence-corrected chi connectivity index (χ3v) is 4.15. The van der Waals surface area contributed by atoms with Crippen LogP contribution >= 0.6 is 27.3 Å². The number of methoxy groups -OCH3 is 1. The van der Waals surface area contributed by atoms with E-state index in [4.69, 9.17) is 9.47 Å². The van der Waals surface area contributed by atoms with E-state index in [-0.39, 0.29) is 14.6 Å². The van der Waals surface area contributed by atoms with Gasteiger partial charge >= 0.3 is 18.2 Å². The quantitative estimate of drug-likeness (QED) is 0.501. The Labute approximate surface area is 158 Å². The van der Waals surface area contributed by atoms with Crippen LogP contribution in [0.1, 0.15) is 51.2 Å². The lowest BCUT2D eigenvalue weighted by Crippen LogP contribution is -2.43. The number of amides is 2. The second kappa shape index (κ2) is 7.69. The van der Waals surface area contributed by atoms with Crippen LogP contribution in [0.2, 0.25) is 0 Å². The Bertz CT molecular complexity index is 647. The van der Waals surface area contributed by atoms with E-state index in [1.54, 1.807) is 41.5 Å². The van der Waals surface area contributed by atoms with Crippen molar-refractivity contribution in [2.75, 3.05) is 12.0 Å². The monoisotopic (exact) mass is 436 g/mol. The van der Waals surface area contributed by atoms with Gasteiger partial charge in [-0.25, -0.2) is 19.4 Å². The predicted molar refractivity (Wildman–Crippen MR) is 96.1 cm³/mol. The molecule has 0 unspecified atom stereocenters. The molecule has 0 aliphatic heterocycles. The molecule has 10 heteroatoms. The molecule has 1 aromatic heterocycles. The minimum absolute atomic E-state index is 0.0734. The molecule has 8 nitrogen and oxygen atoms in total. The largest absolute Gasteiger partial charge is 0.465 e. The number of imide groups is 1. The standard InChI is InChI=1S/C15H21BrN2O6S/c1-14(2,3)23-12(20)18(13(21)24-15(4,5)6)11-17-9(16)8(25-11)10(19)22-7/h1-7H3. The van der Waals surface area contributed by atoms with Gasteiger partial charge in [0, 0.05) is 0 Å². The maximum Gasteiger partial charge on any atom is 0.426 e. The molecule has 0 aliphatic rings. The van der Waals surface area contributed by atoms with Gasteiger partial charge in [0.05, 0.1) is 7.11 Å². The molecular formula is C15H21BrN2O6S. The summed E-state index contributed by atoms with van der Waals surface area (Å²) in [6, 6.07) is 0. The lowest BCUT2D eigenvalue weighted by atomic mass is 10.2. The highest BCUT2D eigenvalue weighted by atomic mass is 79.9. The average molecular weight is 437 g/mol. The minimum Gasteiger partial charge on any atom is -0.465 e. The fraction of sp³-hybridized carbons (Fsp3) is 0.600. The number of aromatic nitrogens is 1. The molecule has 25 heavy (non-hydrogen) atoms. The number of esters is 1. The highest BCUT2D eigenvalue weighted by Crippen LogP contribution is 2.32. The number of rotatable bonds is 2. The highest BCUT2D eigenvalue weighted by molar-refractivity contribution is 9.10. The number of ether oxygens (including phenoxy) is 3. The lowest BCUT2D eigenvalue weighted by molar-refractivity contribution is 0.0429. The van der Waals surface area contributed by atoms with Crippen molar-refractivity contribution in [1.82, 2.24) is 4.98 Å². The van der Waals surface area contributed by atoms with E-state index < -0.39 is 29.4 Å². The van der Waals surface area contributed by atoms with Crippen molar-refractivity contribution < 1.29 is 28.6 Å². The van der Waals surface area contributed by atoms with Crippen molar-refractivity contribution in [2.24, 2.45) is 0 Å². The molecule has 2 amide bonds. The Morgan fingerprint density at radius 3 is 1.80 bits per heavy atom. The van der Waals surface area contributed by atoms with Crippen molar-refractivity contribution in [3.63, 3.8) is 0 Å². The Balaban J connectivity index is 3.29. The minimum atomic E-state index is -0.959. The van der Waals surface area contributed by atoms with Crippen LogP contribution in [-0.4, -0.2) is 41.5 Å². The van der Waals surface area contributed by atoms with E-state index in [2.05, 4.69) is 25.7 Å². The van der Waals surface area contributed by atoms with Gasteiger partial charge in [-0.05, 0) is 57.5 Å². The summed E-state index contributed by atoms with van der Waals surface area (Å²) in [5.74, 6) is -0.649. The fourth-order valence-corrected chi connectivity index (χ4v) is 3.00. The maximum atomic E-state index is 12.5. The summed E-state index contributed by atoms with van der Waals surface area (Å²) in [5, 5.41) is -0.0734. The Hall–Kier alpha value is -1.68. The van der Waals surface area contributed by atoms with Gasteiger partial charge in [-0.15, -0.1) is 0 Å². The van der Waals surface area contributed by atoms with E-state index in [0.717, 1.165) is 11.3 Å². The van der Waals surface area contributed by atoms with Crippen LogP contribution < -0.4 is 4.90 Å². The number of carbonyl (C=O) groups excluding carboxylic acids is 3. The molecule has 0 saturated carbocycles. The lowest BCUT2D eigenvalue weighted by Gasteiger charge is -2.27. The van der Waals surface area contributed by atoms with Crippen molar-refractivity contribution in [2.45, 2.75) is 52.7 Å². The zero-order valence-corrected chi connectivity index (χ0v) is 17.5. The molecule has 0 radical (unpaired) electrons. The Kier molecular flexibility index (Phi) is 6.57. The zero-order chi connectivity index (χ0) is 19.6. The molecule has 0 fully saturated rings. The van der Waals surface area contributed by atoms with Crippen molar-refractivity contribution in [1.29, 1.82) is 0 Å². The first-order valence-corrected chi connectivity index (χ1v) is 8.87. The van der Waals surface area contributed by atoms with Crippen LogP contribution in [0.4, 0.5) is 14.7 Å². The number of anilines is 1. The topological polar surface area (TPSA) is 95.0 Å². The number of nitrogens with zero attached hydrogens (tertiary/aromatic N) is 2. The SMILES string of the molecule is COC(=O)c1sc(N(C(=O)OC(C)(C)C)C(=O)OC(C)(C)C)nc1Br. The van der Waals surface area contributed by atoms with Crippen molar-refractivity contribution in [3.05, 3.63) is 9.48 Å². The van der Waals surface area contributed by atoms with Gasteiger partial charge < -0.3 is 14.2 Å². The molecule has 1 heterocycles. The second-order valence-electron chi connectivity index (χ2n) is 6.90. The smallest absolute Gasteiger partial charge is 0.426 e. The number of carbonyl (C=O) groups is 3. The number of hydrogen-bond donors (Lipinski definition) is 0. The zero-order valence-electron chi connectivity index (χ0n) is 15.1. The molecule has 1 aromatic rings. The van der Waals surface area contributed by atoms with Crippen LogP contribution in [0.5, 0.6) is 0 Å². The van der Waals surface area contributed by atoms with E-state index in [1.165, 1.54) is 7.11 Å². The van der Waals surface area contributed by atoms with Crippen LogP contribution in [0.25, 0.3) is 0 Å². The van der Waals surface area contributed by atoms with E-state index in [9.17, 15) is 14.4 Å². The number of halogens is 1.